The molecule has 7 nitrogen and oxygen atoms in total. The summed E-state index contributed by atoms with van der Waals surface area (Å²) in [6.45, 7) is 0. The zero-order chi connectivity index (χ0) is 24.1. The Bertz CT molecular complexity index is 1230. The highest BCUT2D eigenvalue weighted by Gasteiger charge is 2.31. The van der Waals surface area contributed by atoms with Crippen molar-refractivity contribution in [3.8, 4) is 5.75 Å². The molecule has 0 radical (unpaired) electrons. The number of aromatic nitrogens is 1. The van der Waals surface area contributed by atoms with E-state index in [-0.39, 0.29) is 38.5 Å². The Hall–Kier alpha value is -3.38. The molecular weight excluding hydrogens is 481 g/mol. The Morgan fingerprint density at radius 2 is 1.64 bits per heavy atom. The minimum atomic E-state index is -4.89. The van der Waals surface area contributed by atoms with Crippen molar-refractivity contribution < 1.29 is 35.9 Å². The number of alkyl halides is 3. The number of hydrogen-bond acceptors (Lipinski definition) is 7. The first-order valence-electron chi connectivity index (χ1n) is 9.13. The predicted octanol–water partition coefficient (Wildman–Crippen LogP) is 4.54. The van der Waals surface area contributed by atoms with Crippen LogP contribution in [0.1, 0.15) is 20.8 Å². The van der Waals surface area contributed by atoms with Crippen LogP contribution in [0.25, 0.3) is 0 Å². The number of pyridine rings is 1. The lowest BCUT2D eigenvalue weighted by Gasteiger charge is -2.11. The summed E-state index contributed by atoms with van der Waals surface area (Å²) < 4.78 is 67.5. The number of sulfonamides is 1. The number of ketones is 1. The maximum absolute atomic E-state index is 12.4. The molecule has 1 N–H and O–H groups in total. The summed E-state index contributed by atoms with van der Waals surface area (Å²) in [4.78, 5) is 28.0. The average molecular weight is 496 g/mol. The SMILES string of the molecule is O=C(CSC(=O)c1ccccn1)c1ccc(NS(=O)(=O)c2ccc(OC(F)(F)F)cc2)cc1. The highest BCUT2D eigenvalue weighted by Crippen LogP contribution is 2.25. The lowest BCUT2D eigenvalue weighted by molar-refractivity contribution is -0.274. The van der Waals surface area contributed by atoms with E-state index in [4.69, 9.17) is 0 Å². The third kappa shape index (κ3) is 7.05. The van der Waals surface area contributed by atoms with Gasteiger partial charge in [0.15, 0.2) is 5.78 Å². The summed E-state index contributed by atoms with van der Waals surface area (Å²) in [7, 11) is -4.09. The summed E-state index contributed by atoms with van der Waals surface area (Å²) in [5.74, 6) is -1.00. The minimum absolute atomic E-state index is 0.118. The molecule has 0 spiro atoms. The number of carbonyl (C=O) groups is 2. The fraction of sp³-hybridized carbons (Fsp3) is 0.0952. The fourth-order valence-corrected chi connectivity index (χ4v) is 4.29. The Balaban J connectivity index is 1.60. The van der Waals surface area contributed by atoms with Gasteiger partial charge in [-0.05, 0) is 60.7 Å². The molecule has 3 rings (SSSR count). The molecule has 1 aromatic heterocycles. The maximum atomic E-state index is 12.4. The first kappa shape index (κ1) is 24.3. The van der Waals surface area contributed by atoms with E-state index < -0.39 is 22.1 Å². The third-order valence-corrected chi connectivity index (χ3v) is 6.31. The number of anilines is 1. The summed E-state index contributed by atoms with van der Waals surface area (Å²) in [6, 6.07) is 14.1. The molecule has 3 aromatic rings. The van der Waals surface area contributed by atoms with Crippen molar-refractivity contribution in [3.05, 3.63) is 84.2 Å². The third-order valence-electron chi connectivity index (χ3n) is 4.04. The van der Waals surface area contributed by atoms with Crippen molar-refractivity contribution in [2.24, 2.45) is 0 Å². The Labute approximate surface area is 191 Å². The van der Waals surface area contributed by atoms with E-state index in [0.29, 0.717) is 0 Å². The minimum Gasteiger partial charge on any atom is -0.406 e. The van der Waals surface area contributed by atoms with Gasteiger partial charge in [-0.25, -0.2) is 8.42 Å². The molecule has 0 aliphatic rings. The number of ether oxygens (including phenoxy) is 1. The van der Waals surface area contributed by atoms with Gasteiger partial charge in [0.25, 0.3) is 10.0 Å². The molecule has 0 unspecified atom stereocenters. The van der Waals surface area contributed by atoms with Gasteiger partial charge in [-0.1, -0.05) is 17.8 Å². The summed E-state index contributed by atoms with van der Waals surface area (Å²) in [5, 5.41) is -0.347. The van der Waals surface area contributed by atoms with Gasteiger partial charge in [0, 0.05) is 17.4 Å². The summed E-state index contributed by atoms with van der Waals surface area (Å²) >= 11 is 0.805. The number of nitrogens with one attached hydrogen (secondary N) is 1. The van der Waals surface area contributed by atoms with E-state index in [1.807, 2.05) is 0 Å². The quantitative estimate of drug-likeness (QED) is 0.457. The number of thioether (sulfide) groups is 1. The second kappa shape index (κ2) is 10.0. The largest absolute Gasteiger partial charge is 0.573 e. The van der Waals surface area contributed by atoms with Gasteiger partial charge in [-0.3, -0.25) is 19.3 Å². The number of hydrogen-bond donors (Lipinski definition) is 1. The van der Waals surface area contributed by atoms with Gasteiger partial charge in [0.1, 0.15) is 11.4 Å². The lowest BCUT2D eigenvalue weighted by Crippen LogP contribution is -2.17. The summed E-state index contributed by atoms with van der Waals surface area (Å²) in [5.41, 5.74) is 0.644. The van der Waals surface area contributed by atoms with Gasteiger partial charge in [0.05, 0.1) is 10.6 Å². The fourth-order valence-electron chi connectivity index (χ4n) is 2.53. The van der Waals surface area contributed by atoms with E-state index in [1.54, 1.807) is 12.1 Å². The summed E-state index contributed by atoms with van der Waals surface area (Å²) in [6.07, 6.45) is -3.41. The van der Waals surface area contributed by atoms with Crippen molar-refractivity contribution in [1.82, 2.24) is 4.98 Å². The smallest absolute Gasteiger partial charge is 0.406 e. The average Bonchev–Trinajstić information content (AvgIpc) is 2.77. The molecule has 172 valence electrons. The van der Waals surface area contributed by atoms with E-state index >= 15 is 0 Å². The van der Waals surface area contributed by atoms with Gasteiger partial charge in [0.2, 0.25) is 5.12 Å². The second-order valence-corrected chi connectivity index (χ2v) is 9.05. The van der Waals surface area contributed by atoms with E-state index in [2.05, 4.69) is 14.4 Å². The van der Waals surface area contributed by atoms with Crippen LogP contribution in [0, 0.1) is 0 Å². The van der Waals surface area contributed by atoms with Crippen LogP contribution in [0.5, 0.6) is 5.75 Å². The van der Waals surface area contributed by atoms with Crippen LogP contribution in [0.15, 0.2) is 77.8 Å². The predicted molar refractivity (Wildman–Crippen MR) is 116 cm³/mol. The second-order valence-electron chi connectivity index (χ2n) is 6.42. The highest BCUT2D eigenvalue weighted by atomic mass is 32.2. The van der Waals surface area contributed by atoms with Crippen LogP contribution in [-0.4, -0.2) is 36.4 Å². The monoisotopic (exact) mass is 496 g/mol. The van der Waals surface area contributed by atoms with Crippen molar-refractivity contribution in [2.45, 2.75) is 11.3 Å². The topological polar surface area (TPSA) is 102 Å². The zero-order valence-electron chi connectivity index (χ0n) is 16.6. The van der Waals surface area contributed by atoms with Crippen LogP contribution < -0.4 is 9.46 Å². The highest BCUT2D eigenvalue weighted by molar-refractivity contribution is 8.14. The molecule has 0 aliphatic heterocycles. The maximum Gasteiger partial charge on any atom is 0.573 e. The number of halogens is 3. The van der Waals surface area contributed by atoms with Gasteiger partial charge in [-0.15, -0.1) is 13.2 Å². The number of rotatable bonds is 8. The first-order valence-corrected chi connectivity index (χ1v) is 11.6. The molecule has 2 aromatic carbocycles. The molecule has 0 saturated heterocycles. The van der Waals surface area contributed by atoms with Crippen LogP contribution >= 0.6 is 11.8 Å². The normalized spacial score (nSPS) is 11.6. The molecule has 0 aliphatic carbocycles. The Morgan fingerprint density at radius 1 is 0.970 bits per heavy atom. The molecule has 33 heavy (non-hydrogen) atoms. The molecule has 0 fully saturated rings. The molecule has 0 amide bonds. The molecular formula is C21H15F3N2O5S2. The molecule has 1 heterocycles. The van der Waals surface area contributed by atoms with Crippen LogP contribution in [0.3, 0.4) is 0 Å². The van der Waals surface area contributed by atoms with Crippen molar-refractivity contribution in [3.63, 3.8) is 0 Å². The van der Waals surface area contributed by atoms with Gasteiger partial charge < -0.3 is 4.74 Å². The zero-order valence-corrected chi connectivity index (χ0v) is 18.2. The number of nitrogens with zero attached hydrogens (tertiary/aromatic N) is 1. The standard InChI is InChI=1S/C21H15F3N2O5S2/c22-21(23,24)31-16-8-10-17(11-9-16)33(29,30)26-15-6-4-14(5-7-15)19(27)13-32-20(28)18-3-1-2-12-25-18/h1-12,26H,13H2. The van der Waals surface area contributed by atoms with Crippen LogP contribution in [0.2, 0.25) is 0 Å². The molecule has 0 saturated carbocycles. The molecule has 0 bridgehead atoms. The van der Waals surface area contributed by atoms with Crippen molar-refractivity contribution >= 4 is 38.4 Å². The Morgan fingerprint density at radius 3 is 2.21 bits per heavy atom. The van der Waals surface area contributed by atoms with Crippen LogP contribution in [-0.2, 0) is 10.0 Å². The molecule has 0 atom stereocenters. The van der Waals surface area contributed by atoms with Crippen molar-refractivity contribution in [1.29, 1.82) is 0 Å². The van der Waals surface area contributed by atoms with Gasteiger partial charge in [-0.2, -0.15) is 0 Å². The van der Waals surface area contributed by atoms with Crippen LogP contribution in [0.4, 0.5) is 18.9 Å². The molecule has 12 heteroatoms. The van der Waals surface area contributed by atoms with Crippen molar-refractivity contribution in [2.75, 3.05) is 10.5 Å². The van der Waals surface area contributed by atoms with E-state index in [9.17, 15) is 31.2 Å². The Kier molecular flexibility index (Phi) is 7.39. The van der Waals surface area contributed by atoms with E-state index in [1.165, 1.54) is 36.5 Å². The van der Waals surface area contributed by atoms with Gasteiger partial charge >= 0.3 is 6.36 Å². The van der Waals surface area contributed by atoms with E-state index in [0.717, 1.165) is 36.0 Å². The number of benzene rings is 2. The number of Topliss-reactive ketones (excluding diaryl/α,β-unsaturated/α-hetero) is 1. The first-order chi connectivity index (χ1) is 15.5. The lowest BCUT2D eigenvalue weighted by atomic mass is 10.1. The number of carbonyl (C=O) groups excluding carboxylic acids is 2.